The van der Waals surface area contributed by atoms with Gasteiger partial charge in [0, 0.05) is 11.4 Å². The molecule has 0 aliphatic heterocycles. The molecule has 126 valence electrons. The molecule has 1 aliphatic carbocycles. The summed E-state index contributed by atoms with van der Waals surface area (Å²) in [7, 11) is 0. The van der Waals surface area contributed by atoms with Crippen molar-refractivity contribution in [2.45, 2.75) is 44.6 Å². The first kappa shape index (κ1) is 16.4. The van der Waals surface area contributed by atoms with E-state index in [2.05, 4.69) is 10.3 Å². The van der Waals surface area contributed by atoms with Gasteiger partial charge < -0.3 is 10.1 Å². The van der Waals surface area contributed by atoms with Crippen LogP contribution in [0, 0.1) is 0 Å². The average Bonchev–Trinajstić information content (AvgIpc) is 2.88. The van der Waals surface area contributed by atoms with Crippen molar-refractivity contribution in [1.29, 1.82) is 0 Å². The van der Waals surface area contributed by atoms with Gasteiger partial charge in [0.25, 0.3) is 5.91 Å². The molecule has 1 aliphatic rings. The lowest BCUT2D eigenvalue weighted by atomic mass is 10.1. The Balaban J connectivity index is 1.53. The second-order valence-corrected chi connectivity index (χ2v) is 6.22. The number of nitrogens with one attached hydrogen (secondary N) is 1. The highest BCUT2D eigenvalue weighted by molar-refractivity contribution is 5.92. The normalized spacial score (nSPS) is 15.7. The van der Waals surface area contributed by atoms with Crippen LogP contribution in [0.2, 0.25) is 0 Å². The Hall–Kier alpha value is -2.43. The maximum Gasteiger partial charge on any atom is 0.357 e. The molecule has 1 saturated carbocycles. The lowest BCUT2D eigenvalue weighted by Crippen LogP contribution is -2.37. The fourth-order valence-electron chi connectivity index (χ4n) is 3.08. The zero-order chi connectivity index (χ0) is 16.8. The zero-order valence-corrected chi connectivity index (χ0v) is 13.7. The molecule has 5 heteroatoms. The number of hydrogen-bond acceptors (Lipinski definition) is 4. The van der Waals surface area contributed by atoms with Crippen LogP contribution in [0.4, 0.5) is 0 Å². The summed E-state index contributed by atoms with van der Waals surface area (Å²) in [5, 5.41) is 3.92. The first-order valence-corrected chi connectivity index (χ1v) is 8.55. The molecule has 0 spiro atoms. The van der Waals surface area contributed by atoms with Crippen molar-refractivity contribution in [2.24, 2.45) is 0 Å². The van der Waals surface area contributed by atoms with Crippen molar-refractivity contribution >= 4 is 22.8 Å². The summed E-state index contributed by atoms with van der Waals surface area (Å²) in [6.45, 7) is -0.260. The van der Waals surface area contributed by atoms with E-state index in [9.17, 15) is 9.59 Å². The predicted octanol–water partition coefficient (Wildman–Crippen LogP) is 3.23. The molecule has 0 saturated heterocycles. The third-order valence-corrected chi connectivity index (χ3v) is 4.36. The van der Waals surface area contributed by atoms with Crippen LogP contribution in [0.5, 0.6) is 0 Å². The number of para-hydroxylation sites is 1. The van der Waals surface area contributed by atoms with E-state index < -0.39 is 5.97 Å². The van der Waals surface area contributed by atoms with E-state index in [1.807, 2.05) is 30.3 Å². The number of ether oxygens (including phenoxy) is 1. The van der Waals surface area contributed by atoms with Gasteiger partial charge in [0.05, 0.1) is 5.52 Å². The summed E-state index contributed by atoms with van der Waals surface area (Å²) in [5.74, 6) is -0.812. The molecule has 0 unspecified atom stereocenters. The van der Waals surface area contributed by atoms with Gasteiger partial charge in [-0.3, -0.25) is 4.79 Å². The molecule has 24 heavy (non-hydrogen) atoms. The number of nitrogens with zero attached hydrogens (tertiary/aromatic N) is 1. The van der Waals surface area contributed by atoms with E-state index in [0.29, 0.717) is 0 Å². The maximum absolute atomic E-state index is 12.1. The van der Waals surface area contributed by atoms with Gasteiger partial charge in [-0.05, 0) is 25.0 Å². The molecule has 0 atom stereocenters. The molecule has 1 aromatic carbocycles. The molecule has 0 radical (unpaired) electrons. The summed E-state index contributed by atoms with van der Waals surface area (Å²) < 4.78 is 5.10. The van der Waals surface area contributed by atoms with Crippen molar-refractivity contribution in [3.8, 4) is 0 Å². The first-order chi connectivity index (χ1) is 11.7. The Morgan fingerprint density at radius 2 is 1.79 bits per heavy atom. The van der Waals surface area contributed by atoms with Crippen LogP contribution in [-0.2, 0) is 9.53 Å². The van der Waals surface area contributed by atoms with E-state index in [-0.39, 0.29) is 24.2 Å². The minimum atomic E-state index is -0.572. The van der Waals surface area contributed by atoms with Crippen molar-refractivity contribution < 1.29 is 14.3 Å². The summed E-state index contributed by atoms with van der Waals surface area (Å²) in [6, 6.07) is 11.2. The second-order valence-electron chi connectivity index (χ2n) is 6.22. The molecule has 1 aromatic heterocycles. The quantitative estimate of drug-likeness (QED) is 0.692. The molecule has 1 amide bonds. The third-order valence-electron chi connectivity index (χ3n) is 4.36. The summed E-state index contributed by atoms with van der Waals surface area (Å²) in [5.41, 5.74) is 0.950. The van der Waals surface area contributed by atoms with Crippen LogP contribution < -0.4 is 5.32 Å². The van der Waals surface area contributed by atoms with Gasteiger partial charge in [0.1, 0.15) is 5.69 Å². The fraction of sp³-hybridized carbons (Fsp3) is 0.421. The third kappa shape index (κ3) is 4.31. The Morgan fingerprint density at radius 3 is 2.58 bits per heavy atom. The highest BCUT2D eigenvalue weighted by Crippen LogP contribution is 2.17. The number of hydrogen-bond donors (Lipinski definition) is 1. The zero-order valence-electron chi connectivity index (χ0n) is 13.7. The number of rotatable bonds is 4. The summed E-state index contributed by atoms with van der Waals surface area (Å²) >= 11 is 0. The molecule has 1 heterocycles. The topological polar surface area (TPSA) is 68.3 Å². The van der Waals surface area contributed by atoms with Gasteiger partial charge in [0.2, 0.25) is 0 Å². The van der Waals surface area contributed by atoms with E-state index in [4.69, 9.17) is 4.74 Å². The Morgan fingerprint density at radius 1 is 1.04 bits per heavy atom. The number of amides is 1. The van der Waals surface area contributed by atoms with Crippen LogP contribution in [0.25, 0.3) is 10.9 Å². The second kappa shape index (κ2) is 7.90. The molecule has 0 bridgehead atoms. The molecule has 1 N–H and O–H groups in total. The maximum atomic E-state index is 12.1. The smallest absolute Gasteiger partial charge is 0.357 e. The van der Waals surface area contributed by atoms with Gasteiger partial charge in [-0.15, -0.1) is 0 Å². The van der Waals surface area contributed by atoms with Crippen LogP contribution >= 0.6 is 0 Å². The van der Waals surface area contributed by atoms with Crippen molar-refractivity contribution in [3.05, 3.63) is 42.1 Å². The van der Waals surface area contributed by atoms with Crippen molar-refractivity contribution in [3.63, 3.8) is 0 Å². The largest absolute Gasteiger partial charge is 0.451 e. The molecule has 2 aromatic rings. The monoisotopic (exact) mass is 326 g/mol. The molecular weight excluding hydrogens is 304 g/mol. The molecule has 3 rings (SSSR count). The standard InChI is InChI=1S/C19H22N2O3/c22-18(20-15-8-3-1-2-4-9-15)13-24-19(23)17-12-11-14-7-5-6-10-16(14)21-17/h5-7,10-12,15H,1-4,8-9,13H2,(H,20,22). The average molecular weight is 326 g/mol. The SMILES string of the molecule is O=C(COC(=O)c1ccc2ccccc2n1)NC1CCCCCC1. The number of benzene rings is 1. The van der Waals surface area contributed by atoms with Gasteiger partial charge >= 0.3 is 5.97 Å². The minimum Gasteiger partial charge on any atom is -0.451 e. The van der Waals surface area contributed by atoms with E-state index >= 15 is 0 Å². The van der Waals surface area contributed by atoms with E-state index in [1.54, 1.807) is 6.07 Å². The minimum absolute atomic E-state index is 0.206. The Bertz CT molecular complexity index is 721. The molecule has 1 fully saturated rings. The lowest BCUT2D eigenvalue weighted by molar-refractivity contribution is -0.125. The van der Waals surface area contributed by atoms with Crippen LogP contribution in [-0.4, -0.2) is 29.5 Å². The predicted molar refractivity (Wildman–Crippen MR) is 91.7 cm³/mol. The van der Waals surface area contributed by atoms with Gasteiger partial charge in [-0.25, -0.2) is 9.78 Å². The van der Waals surface area contributed by atoms with Gasteiger partial charge in [-0.2, -0.15) is 0 Å². The van der Waals surface area contributed by atoms with Crippen molar-refractivity contribution in [1.82, 2.24) is 10.3 Å². The number of esters is 1. The number of carbonyl (C=O) groups excluding carboxylic acids is 2. The highest BCUT2D eigenvalue weighted by Gasteiger charge is 2.17. The number of fused-ring (bicyclic) bond motifs is 1. The van der Waals surface area contributed by atoms with Gasteiger partial charge in [-0.1, -0.05) is 49.9 Å². The van der Waals surface area contributed by atoms with Crippen molar-refractivity contribution in [2.75, 3.05) is 6.61 Å². The summed E-state index contributed by atoms with van der Waals surface area (Å²) in [4.78, 5) is 28.3. The van der Waals surface area contributed by atoms with Gasteiger partial charge in [0.15, 0.2) is 6.61 Å². The first-order valence-electron chi connectivity index (χ1n) is 8.55. The van der Waals surface area contributed by atoms with Crippen LogP contribution in [0.15, 0.2) is 36.4 Å². The van der Waals surface area contributed by atoms with Crippen LogP contribution in [0.3, 0.4) is 0 Å². The Labute approximate surface area is 141 Å². The van der Waals surface area contributed by atoms with Crippen LogP contribution in [0.1, 0.15) is 49.0 Å². The lowest BCUT2D eigenvalue weighted by Gasteiger charge is -2.16. The number of pyridine rings is 1. The Kier molecular flexibility index (Phi) is 5.41. The fourth-order valence-corrected chi connectivity index (χ4v) is 3.08. The number of carbonyl (C=O) groups is 2. The number of aromatic nitrogens is 1. The van der Waals surface area contributed by atoms with E-state index in [0.717, 1.165) is 36.6 Å². The summed E-state index contributed by atoms with van der Waals surface area (Å²) in [6.07, 6.45) is 6.76. The molecule has 5 nitrogen and oxygen atoms in total. The van der Waals surface area contributed by atoms with E-state index in [1.165, 1.54) is 12.8 Å². The highest BCUT2D eigenvalue weighted by atomic mass is 16.5. The molecular formula is C19H22N2O3.